The minimum Gasteiger partial charge on any atom is -0.378 e. The van der Waals surface area contributed by atoms with Crippen LogP contribution in [0, 0.1) is 6.92 Å². The monoisotopic (exact) mass is 373 g/mol. The van der Waals surface area contributed by atoms with E-state index in [1.165, 1.54) is 0 Å². The molecule has 7 heteroatoms. The Morgan fingerprint density at radius 1 is 1.19 bits per heavy atom. The number of hydrogen-bond acceptors (Lipinski definition) is 6. The molecule has 1 aliphatic heterocycles. The van der Waals surface area contributed by atoms with E-state index in [-0.39, 0.29) is 5.91 Å². The predicted molar refractivity (Wildman–Crippen MR) is 108 cm³/mol. The Labute approximate surface area is 159 Å². The fraction of sp³-hybridized carbons (Fsp3) is 0.474. The van der Waals surface area contributed by atoms with Gasteiger partial charge in [-0.1, -0.05) is 12.1 Å². The van der Waals surface area contributed by atoms with Crippen LogP contribution in [-0.2, 0) is 11.3 Å². The van der Waals surface area contributed by atoms with Gasteiger partial charge < -0.3 is 15.1 Å². The van der Waals surface area contributed by atoms with Gasteiger partial charge in [-0.15, -0.1) is 11.3 Å². The summed E-state index contributed by atoms with van der Waals surface area (Å²) in [5.74, 6) is 0.0835. The third-order valence-electron chi connectivity index (χ3n) is 4.56. The topological polar surface area (TPSA) is 51.7 Å². The molecule has 1 aliphatic rings. The van der Waals surface area contributed by atoms with E-state index in [0.29, 0.717) is 13.1 Å². The molecule has 1 fully saturated rings. The van der Waals surface area contributed by atoms with E-state index in [0.717, 1.165) is 48.3 Å². The first kappa shape index (κ1) is 18.7. The first-order valence-corrected chi connectivity index (χ1v) is 9.81. The number of aryl methyl sites for hydroxylation is 1. The van der Waals surface area contributed by atoms with Gasteiger partial charge >= 0.3 is 0 Å². The van der Waals surface area contributed by atoms with Gasteiger partial charge in [0.15, 0.2) is 5.13 Å². The summed E-state index contributed by atoms with van der Waals surface area (Å²) in [5.41, 5.74) is 3.35. The molecule has 0 atom stereocenters. The number of carbonyl (C=O) groups is 1. The Kier molecular flexibility index (Phi) is 6.11. The van der Waals surface area contributed by atoms with Gasteiger partial charge in [0, 0.05) is 57.9 Å². The van der Waals surface area contributed by atoms with Crippen molar-refractivity contribution in [3.05, 3.63) is 40.9 Å². The van der Waals surface area contributed by atoms with Gasteiger partial charge in [-0.2, -0.15) is 0 Å². The average molecular weight is 374 g/mol. The fourth-order valence-electron chi connectivity index (χ4n) is 2.96. The van der Waals surface area contributed by atoms with Crippen molar-refractivity contribution >= 4 is 28.1 Å². The molecule has 0 aliphatic carbocycles. The molecule has 1 aromatic heterocycles. The molecule has 2 heterocycles. The molecule has 3 rings (SSSR count). The van der Waals surface area contributed by atoms with E-state index in [9.17, 15) is 4.79 Å². The number of nitrogens with one attached hydrogen (secondary N) is 1. The van der Waals surface area contributed by atoms with Crippen molar-refractivity contribution in [3.8, 4) is 0 Å². The third-order valence-corrected chi connectivity index (χ3v) is 5.58. The summed E-state index contributed by atoms with van der Waals surface area (Å²) in [7, 11) is 4.04. The largest absolute Gasteiger partial charge is 0.378 e. The van der Waals surface area contributed by atoms with Gasteiger partial charge in [-0.25, -0.2) is 4.98 Å². The van der Waals surface area contributed by atoms with Crippen molar-refractivity contribution in [1.82, 2.24) is 15.2 Å². The number of benzene rings is 1. The number of anilines is 2. The van der Waals surface area contributed by atoms with E-state index < -0.39 is 0 Å². The molecule has 1 saturated heterocycles. The van der Waals surface area contributed by atoms with Gasteiger partial charge in [0.25, 0.3) is 0 Å². The molecule has 1 N–H and O–H groups in total. The maximum Gasteiger partial charge on any atom is 0.234 e. The highest BCUT2D eigenvalue weighted by atomic mass is 32.1. The van der Waals surface area contributed by atoms with Gasteiger partial charge in [0.1, 0.15) is 0 Å². The molecule has 2 aromatic rings. The van der Waals surface area contributed by atoms with Gasteiger partial charge in [-0.05, 0) is 24.6 Å². The number of thiazole rings is 1. The van der Waals surface area contributed by atoms with E-state index >= 15 is 0 Å². The van der Waals surface area contributed by atoms with E-state index in [1.54, 1.807) is 11.3 Å². The Morgan fingerprint density at radius 3 is 2.46 bits per heavy atom. The van der Waals surface area contributed by atoms with Crippen LogP contribution in [0.5, 0.6) is 0 Å². The predicted octanol–water partition coefficient (Wildman–Crippen LogP) is 1.96. The lowest BCUT2D eigenvalue weighted by Gasteiger charge is -2.34. The first-order chi connectivity index (χ1) is 12.5. The van der Waals surface area contributed by atoms with Crippen LogP contribution in [0.3, 0.4) is 0 Å². The molecule has 0 bridgehead atoms. The Morgan fingerprint density at radius 2 is 1.88 bits per heavy atom. The number of piperazine rings is 1. The van der Waals surface area contributed by atoms with Crippen molar-refractivity contribution < 1.29 is 4.79 Å². The summed E-state index contributed by atoms with van der Waals surface area (Å²) in [6, 6.07) is 8.26. The maximum absolute atomic E-state index is 12.2. The summed E-state index contributed by atoms with van der Waals surface area (Å²) in [6.45, 7) is 6.69. The normalized spacial score (nSPS) is 15.1. The van der Waals surface area contributed by atoms with Crippen molar-refractivity contribution in [2.45, 2.75) is 13.5 Å². The molecular weight excluding hydrogens is 346 g/mol. The maximum atomic E-state index is 12.2. The molecule has 0 unspecified atom stereocenters. The molecule has 0 radical (unpaired) electrons. The summed E-state index contributed by atoms with van der Waals surface area (Å²) < 4.78 is 0. The third kappa shape index (κ3) is 4.95. The highest BCUT2D eigenvalue weighted by Gasteiger charge is 2.20. The fourth-order valence-corrected chi connectivity index (χ4v) is 3.81. The minimum absolute atomic E-state index is 0.0835. The van der Waals surface area contributed by atoms with Crippen LogP contribution in [0.1, 0.15) is 11.3 Å². The standard InChI is InChI=1S/C19H27N5OS/c1-15-14-26-19(21-15)24-10-8-23(9-11-24)13-18(25)20-12-16-4-6-17(7-5-16)22(2)3/h4-7,14H,8-13H2,1-3H3,(H,20,25). The van der Waals surface area contributed by atoms with Crippen LogP contribution < -0.4 is 15.1 Å². The second-order valence-electron chi connectivity index (χ2n) is 6.87. The highest BCUT2D eigenvalue weighted by Crippen LogP contribution is 2.21. The molecule has 0 saturated carbocycles. The Hall–Kier alpha value is -2.12. The smallest absolute Gasteiger partial charge is 0.234 e. The van der Waals surface area contributed by atoms with Crippen LogP contribution in [0.25, 0.3) is 0 Å². The van der Waals surface area contributed by atoms with Crippen molar-refractivity contribution in [1.29, 1.82) is 0 Å². The van der Waals surface area contributed by atoms with Gasteiger partial charge in [-0.3, -0.25) is 9.69 Å². The van der Waals surface area contributed by atoms with Crippen LogP contribution in [0.15, 0.2) is 29.6 Å². The minimum atomic E-state index is 0.0835. The summed E-state index contributed by atoms with van der Waals surface area (Å²) in [5, 5.41) is 6.20. The van der Waals surface area contributed by atoms with Gasteiger partial charge in [0.2, 0.25) is 5.91 Å². The van der Waals surface area contributed by atoms with E-state index in [2.05, 4.69) is 54.6 Å². The number of aromatic nitrogens is 1. The number of carbonyl (C=O) groups excluding carboxylic acids is 1. The molecule has 26 heavy (non-hydrogen) atoms. The van der Waals surface area contributed by atoms with Crippen LogP contribution in [0.4, 0.5) is 10.8 Å². The molecule has 140 valence electrons. The summed E-state index contributed by atoms with van der Waals surface area (Å²) >= 11 is 1.69. The number of rotatable bonds is 6. The molecule has 6 nitrogen and oxygen atoms in total. The lowest BCUT2D eigenvalue weighted by Crippen LogP contribution is -2.49. The Bertz CT molecular complexity index is 720. The second-order valence-corrected chi connectivity index (χ2v) is 7.71. The zero-order valence-electron chi connectivity index (χ0n) is 15.7. The SMILES string of the molecule is Cc1csc(N2CCN(CC(=O)NCc3ccc(N(C)C)cc3)CC2)n1. The summed E-state index contributed by atoms with van der Waals surface area (Å²) in [4.78, 5) is 23.4. The number of amides is 1. The quantitative estimate of drug-likeness (QED) is 0.839. The second kappa shape index (κ2) is 8.51. The van der Waals surface area contributed by atoms with Crippen LogP contribution in [0.2, 0.25) is 0 Å². The van der Waals surface area contributed by atoms with E-state index in [4.69, 9.17) is 0 Å². The molecule has 0 spiro atoms. The van der Waals surface area contributed by atoms with E-state index in [1.807, 2.05) is 21.0 Å². The Balaban J connectivity index is 1.40. The zero-order valence-corrected chi connectivity index (χ0v) is 16.6. The molecule has 1 aromatic carbocycles. The van der Waals surface area contributed by atoms with Gasteiger partial charge in [0.05, 0.1) is 12.2 Å². The lowest BCUT2D eigenvalue weighted by molar-refractivity contribution is -0.122. The first-order valence-electron chi connectivity index (χ1n) is 8.93. The van der Waals surface area contributed by atoms with Crippen molar-refractivity contribution in [2.24, 2.45) is 0 Å². The average Bonchev–Trinajstić information content (AvgIpc) is 3.07. The number of hydrogen-bond donors (Lipinski definition) is 1. The lowest BCUT2D eigenvalue weighted by atomic mass is 10.2. The van der Waals surface area contributed by atoms with Crippen LogP contribution >= 0.6 is 11.3 Å². The highest BCUT2D eigenvalue weighted by molar-refractivity contribution is 7.13. The summed E-state index contributed by atoms with van der Waals surface area (Å²) in [6.07, 6.45) is 0. The molecular formula is C19H27N5OS. The zero-order chi connectivity index (χ0) is 18.5. The molecule has 1 amide bonds. The van der Waals surface area contributed by atoms with Crippen molar-refractivity contribution in [2.75, 3.05) is 56.6 Å². The number of nitrogens with zero attached hydrogens (tertiary/aromatic N) is 4. The van der Waals surface area contributed by atoms with Crippen LogP contribution in [-0.4, -0.2) is 62.6 Å². The van der Waals surface area contributed by atoms with Crippen molar-refractivity contribution in [3.63, 3.8) is 0 Å².